The number of benzene rings is 1. The predicted octanol–water partition coefficient (Wildman–Crippen LogP) is 5.78. The molecule has 0 bridgehead atoms. The summed E-state index contributed by atoms with van der Waals surface area (Å²) in [4.78, 5) is 27.3. The topological polar surface area (TPSA) is 138 Å². The van der Waals surface area contributed by atoms with Crippen molar-refractivity contribution in [1.82, 2.24) is 10.2 Å². The highest BCUT2D eigenvalue weighted by atomic mass is 35.5. The number of nitrogens with two attached hydrogens (primary N) is 1. The van der Waals surface area contributed by atoms with Gasteiger partial charge in [0, 0.05) is 17.7 Å². The van der Waals surface area contributed by atoms with E-state index in [1.165, 1.54) is 23.1 Å². The Morgan fingerprint density at radius 1 is 1.29 bits per heavy atom. The molecule has 5 rings (SSSR count). The first-order valence-electron chi connectivity index (χ1n) is 11.5. The number of ketones is 1. The van der Waals surface area contributed by atoms with Crippen LogP contribution in [0.3, 0.4) is 0 Å². The molecule has 0 fully saturated rings. The number of furan rings is 1. The lowest BCUT2D eigenvalue weighted by Crippen LogP contribution is -2.38. The van der Waals surface area contributed by atoms with Crippen LogP contribution >= 0.6 is 46.3 Å². The molecule has 1 amide bonds. The summed E-state index contributed by atoms with van der Waals surface area (Å²) >= 11 is 14.7. The summed E-state index contributed by atoms with van der Waals surface area (Å²) in [5.41, 5.74) is 8.29. The summed E-state index contributed by atoms with van der Waals surface area (Å²) in [7, 11) is 0. The number of aromatic nitrogens is 2. The molecule has 0 spiro atoms. The molecule has 2 aliphatic rings. The van der Waals surface area contributed by atoms with Crippen LogP contribution in [0.15, 0.2) is 61.8 Å². The van der Waals surface area contributed by atoms with Crippen LogP contribution in [0.5, 0.6) is 0 Å². The van der Waals surface area contributed by atoms with Crippen LogP contribution in [0.25, 0.3) is 0 Å². The first-order valence-corrected chi connectivity index (χ1v) is 14.1. The average molecular weight is 588 g/mol. The Morgan fingerprint density at radius 3 is 2.74 bits per heavy atom. The van der Waals surface area contributed by atoms with Crippen molar-refractivity contribution < 1.29 is 14.0 Å². The number of carbonyl (C=O) groups is 2. The highest BCUT2D eigenvalue weighted by Gasteiger charge is 2.42. The van der Waals surface area contributed by atoms with Crippen LogP contribution in [0.2, 0.25) is 10.0 Å². The summed E-state index contributed by atoms with van der Waals surface area (Å²) in [6.45, 7) is 1.81. The number of Topliss-reactive ketones (excluding diaryl/α,β-unsaturated/α-hetero) is 1. The summed E-state index contributed by atoms with van der Waals surface area (Å²) in [5, 5.41) is 22.3. The number of thioether (sulfide) groups is 1. The van der Waals surface area contributed by atoms with Gasteiger partial charge < -0.3 is 15.5 Å². The van der Waals surface area contributed by atoms with Gasteiger partial charge in [0.25, 0.3) is 0 Å². The van der Waals surface area contributed by atoms with Crippen molar-refractivity contribution in [2.24, 2.45) is 5.73 Å². The molecule has 1 aliphatic carbocycles. The minimum atomic E-state index is -0.671. The zero-order chi connectivity index (χ0) is 27.0. The predicted molar refractivity (Wildman–Crippen MR) is 147 cm³/mol. The van der Waals surface area contributed by atoms with Crippen LogP contribution in [0.1, 0.15) is 36.7 Å². The monoisotopic (exact) mass is 586 g/mol. The fourth-order valence-electron chi connectivity index (χ4n) is 4.47. The quantitative estimate of drug-likeness (QED) is 0.344. The van der Waals surface area contributed by atoms with Gasteiger partial charge in [-0.05, 0) is 44.0 Å². The molecule has 1 aliphatic heterocycles. The third-order valence-corrected chi connectivity index (χ3v) is 8.77. The number of hydrogen-bond donors (Lipinski definition) is 2. The fraction of sp³-hybridized carbons (Fsp3) is 0.240. The number of amides is 1. The summed E-state index contributed by atoms with van der Waals surface area (Å²) in [6.07, 6.45) is 1.61. The Bertz CT molecular complexity index is 1530. The largest absolute Gasteiger partial charge is 0.465 e. The maximum absolute atomic E-state index is 13.1. The van der Waals surface area contributed by atoms with Crippen molar-refractivity contribution in [3.8, 4) is 6.07 Å². The number of anilines is 2. The second kappa shape index (κ2) is 10.8. The van der Waals surface area contributed by atoms with Crippen LogP contribution in [0, 0.1) is 18.3 Å². The normalized spacial score (nSPS) is 17.5. The van der Waals surface area contributed by atoms with E-state index >= 15 is 0 Å². The molecule has 3 N–H and O–H groups in total. The Morgan fingerprint density at radius 2 is 2.05 bits per heavy atom. The maximum Gasteiger partial charge on any atom is 0.234 e. The molecular weight excluding hydrogens is 567 g/mol. The van der Waals surface area contributed by atoms with Gasteiger partial charge in [-0.15, -0.1) is 10.2 Å². The molecule has 38 heavy (non-hydrogen) atoms. The highest BCUT2D eigenvalue weighted by molar-refractivity contribution is 8.01. The van der Waals surface area contributed by atoms with Crippen molar-refractivity contribution in [2.75, 3.05) is 16.0 Å². The van der Waals surface area contributed by atoms with Crippen LogP contribution in [-0.2, 0) is 9.59 Å². The third kappa shape index (κ3) is 4.92. The maximum atomic E-state index is 13.1. The number of nitrogens with zero attached hydrogens (tertiary/aromatic N) is 4. The Hall–Kier alpha value is -3.30. The number of aryl methyl sites for hydroxylation is 1. The van der Waals surface area contributed by atoms with Gasteiger partial charge in [0.1, 0.15) is 17.3 Å². The standard InChI is InChI=1S/C25H20Cl2N6O3S2/c1-12-8-9-18(36-12)20-13(10-28)23(29)33(16-6-3-7-17(34)21(16)20)24-31-32-25(38-24)37-11-19(35)30-22-14(26)4-2-5-15(22)27/h2,4-5,8-9,20H,3,6-7,11,29H2,1H3,(H,30,35). The number of halogens is 2. The van der Waals surface area contributed by atoms with Crippen LogP contribution < -0.4 is 16.0 Å². The highest BCUT2D eigenvalue weighted by Crippen LogP contribution is 2.47. The number of nitriles is 1. The summed E-state index contributed by atoms with van der Waals surface area (Å²) in [5.74, 6) is 0.360. The molecule has 2 aromatic heterocycles. The van der Waals surface area contributed by atoms with Crippen molar-refractivity contribution in [3.05, 3.63) is 74.6 Å². The minimum Gasteiger partial charge on any atom is -0.465 e. The number of carbonyl (C=O) groups excluding carboxylic acids is 2. The van der Waals surface area contributed by atoms with Crippen LogP contribution in [-0.4, -0.2) is 27.6 Å². The van der Waals surface area contributed by atoms with Crippen molar-refractivity contribution in [3.63, 3.8) is 0 Å². The van der Waals surface area contributed by atoms with E-state index in [1.54, 1.807) is 42.2 Å². The molecule has 9 nitrogen and oxygen atoms in total. The summed E-state index contributed by atoms with van der Waals surface area (Å²) < 4.78 is 6.34. The SMILES string of the molecule is Cc1ccc(C2C(C#N)=C(N)N(c3nnc(SCC(=O)Nc4c(Cl)cccc4Cl)s3)C3=C2C(=O)CCC3)o1. The number of allylic oxidation sites excluding steroid dienone is 3. The lowest BCUT2D eigenvalue weighted by Gasteiger charge is -2.37. The molecule has 13 heteroatoms. The first kappa shape index (κ1) is 26.3. The molecule has 194 valence electrons. The van der Waals surface area contributed by atoms with Gasteiger partial charge in [-0.3, -0.25) is 14.5 Å². The smallest absolute Gasteiger partial charge is 0.234 e. The lowest BCUT2D eigenvalue weighted by molar-refractivity contribution is -0.116. The molecule has 3 heterocycles. The van der Waals surface area contributed by atoms with E-state index in [-0.39, 0.29) is 28.8 Å². The summed E-state index contributed by atoms with van der Waals surface area (Å²) in [6, 6.07) is 10.7. The van der Waals surface area contributed by atoms with Gasteiger partial charge in [-0.2, -0.15) is 5.26 Å². The second-order valence-electron chi connectivity index (χ2n) is 8.55. The fourth-order valence-corrected chi connectivity index (χ4v) is 6.64. The molecular formula is C25H20Cl2N6O3S2. The van der Waals surface area contributed by atoms with E-state index in [1.807, 2.05) is 0 Å². The molecule has 0 radical (unpaired) electrons. The third-order valence-electron chi connectivity index (χ3n) is 6.10. The van der Waals surface area contributed by atoms with Crippen molar-refractivity contribution in [2.45, 2.75) is 36.4 Å². The van der Waals surface area contributed by atoms with Crippen molar-refractivity contribution >= 4 is 68.8 Å². The van der Waals surface area contributed by atoms with Gasteiger partial charge in [0.05, 0.1) is 39.0 Å². The van der Waals surface area contributed by atoms with E-state index in [0.29, 0.717) is 67.3 Å². The molecule has 0 saturated carbocycles. The first-order chi connectivity index (χ1) is 18.3. The molecule has 1 aromatic carbocycles. The minimum absolute atomic E-state index is 0.0390. The molecule has 0 saturated heterocycles. The van der Waals surface area contributed by atoms with E-state index in [4.69, 9.17) is 33.4 Å². The van der Waals surface area contributed by atoms with Crippen molar-refractivity contribution in [1.29, 1.82) is 5.26 Å². The molecule has 1 atom stereocenters. The van der Waals surface area contributed by atoms with E-state index in [9.17, 15) is 14.9 Å². The second-order valence-corrected chi connectivity index (χ2v) is 11.5. The number of para-hydroxylation sites is 1. The lowest BCUT2D eigenvalue weighted by atomic mass is 9.78. The van der Waals surface area contributed by atoms with Gasteiger partial charge in [-0.1, -0.05) is 52.4 Å². The number of hydrogen-bond acceptors (Lipinski definition) is 10. The Kier molecular flexibility index (Phi) is 7.49. The molecule has 1 unspecified atom stereocenters. The van der Waals surface area contributed by atoms with E-state index < -0.39 is 5.92 Å². The zero-order valence-electron chi connectivity index (χ0n) is 20.0. The average Bonchev–Trinajstić information content (AvgIpc) is 3.53. The van der Waals surface area contributed by atoms with E-state index in [2.05, 4.69) is 21.6 Å². The number of nitrogens with one attached hydrogen (secondary N) is 1. The Balaban J connectivity index is 1.41. The molecule has 3 aromatic rings. The van der Waals surface area contributed by atoms with Gasteiger partial charge in [0.15, 0.2) is 10.1 Å². The zero-order valence-corrected chi connectivity index (χ0v) is 23.1. The van der Waals surface area contributed by atoms with E-state index in [0.717, 1.165) is 0 Å². The van der Waals surface area contributed by atoms with Crippen LogP contribution in [0.4, 0.5) is 10.8 Å². The number of rotatable bonds is 6. The van der Waals surface area contributed by atoms with Gasteiger partial charge >= 0.3 is 0 Å². The Labute approximate surface area is 236 Å². The van der Waals surface area contributed by atoms with Gasteiger partial charge in [-0.25, -0.2) is 0 Å². The van der Waals surface area contributed by atoms with Gasteiger partial charge in [0.2, 0.25) is 11.0 Å².